The average Bonchev–Trinajstić information content (AvgIpc) is 2.32. The molecule has 6 heteroatoms. The van der Waals surface area contributed by atoms with Crippen LogP contribution in [0.3, 0.4) is 0 Å². The summed E-state index contributed by atoms with van der Waals surface area (Å²) < 4.78 is 0. The Balaban J connectivity index is 2.37. The monoisotopic (exact) mass is 262 g/mol. The number of phenolic OH excluding ortho intramolecular Hbond substituents is 1. The fourth-order valence-corrected chi connectivity index (χ4v) is 2.39. The number of aromatic nitrogens is 1. The lowest BCUT2D eigenvalue weighted by Crippen LogP contribution is -1.96. The Morgan fingerprint density at radius 2 is 1.94 bits per heavy atom. The third-order valence-corrected chi connectivity index (χ3v) is 3.33. The molecule has 1 N–H and O–H groups in total. The molecule has 0 aliphatic carbocycles. The number of benzene rings is 1. The SMILES string of the molecule is Cc1ccnc(Sc2ccc(O)cc2)c1[N+](=O)[O-]. The fraction of sp³-hybridized carbons (Fsp3) is 0.0833. The van der Waals surface area contributed by atoms with Gasteiger partial charge in [-0.1, -0.05) is 11.8 Å². The van der Waals surface area contributed by atoms with Crippen molar-refractivity contribution in [2.24, 2.45) is 0 Å². The van der Waals surface area contributed by atoms with Crippen molar-refractivity contribution >= 4 is 17.4 Å². The summed E-state index contributed by atoms with van der Waals surface area (Å²) in [5.74, 6) is 0.158. The van der Waals surface area contributed by atoms with E-state index in [-0.39, 0.29) is 11.4 Å². The van der Waals surface area contributed by atoms with Crippen molar-refractivity contribution < 1.29 is 10.0 Å². The highest BCUT2D eigenvalue weighted by Gasteiger charge is 2.19. The first-order chi connectivity index (χ1) is 8.58. The van der Waals surface area contributed by atoms with Gasteiger partial charge >= 0.3 is 5.69 Å². The van der Waals surface area contributed by atoms with Crippen LogP contribution in [-0.2, 0) is 0 Å². The maximum Gasteiger partial charge on any atom is 0.304 e. The Bertz CT molecular complexity index is 584. The normalized spacial score (nSPS) is 10.3. The minimum atomic E-state index is -0.426. The van der Waals surface area contributed by atoms with Gasteiger partial charge in [0.1, 0.15) is 5.75 Å². The quantitative estimate of drug-likeness (QED) is 0.679. The van der Waals surface area contributed by atoms with Crippen LogP contribution in [0, 0.1) is 17.0 Å². The van der Waals surface area contributed by atoms with E-state index in [1.165, 1.54) is 23.9 Å². The summed E-state index contributed by atoms with van der Waals surface area (Å²) in [5, 5.41) is 20.5. The third kappa shape index (κ3) is 2.60. The molecule has 5 nitrogen and oxygen atoms in total. The van der Waals surface area contributed by atoms with Crippen molar-refractivity contribution in [1.29, 1.82) is 0 Å². The van der Waals surface area contributed by atoms with E-state index < -0.39 is 4.92 Å². The first kappa shape index (κ1) is 12.4. The molecule has 1 heterocycles. The predicted molar refractivity (Wildman–Crippen MR) is 67.9 cm³/mol. The second-order valence-corrected chi connectivity index (χ2v) is 4.70. The van der Waals surface area contributed by atoms with E-state index in [4.69, 9.17) is 0 Å². The van der Waals surface area contributed by atoms with E-state index >= 15 is 0 Å². The van der Waals surface area contributed by atoms with Crippen LogP contribution >= 0.6 is 11.8 Å². The molecule has 0 unspecified atom stereocenters. The van der Waals surface area contributed by atoms with Gasteiger partial charge < -0.3 is 5.11 Å². The average molecular weight is 262 g/mol. The largest absolute Gasteiger partial charge is 0.508 e. The highest BCUT2D eigenvalue weighted by molar-refractivity contribution is 7.99. The molecule has 1 aromatic heterocycles. The number of nitrogens with zero attached hydrogens (tertiary/aromatic N) is 2. The van der Waals surface area contributed by atoms with E-state index in [0.717, 1.165) is 4.90 Å². The maximum atomic E-state index is 11.0. The van der Waals surface area contributed by atoms with Crippen LogP contribution in [0.4, 0.5) is 5.69 Å². The molecule has 1 aromatic carbocycles. The van der Waals surface area contributed by atoms with Gasteiger partial charge in [-0.3, -0.25) is 10.1 Å². The second-order valence-electron chi connectivity index (χ2n) is 3.63. The molecule has 2 rings (SSSR count). The number of aromatic hydroxyl groups is 1. The van der Waals surface area contributed by atoms with Crippen LogP contribution in [0.1, 0.15) is 5.56 Å². The van der Waals surface area contributed by atoms with E-state index in [2.05, 4.69) is 4.98 Å². The second kappa shape index (κ2) is 5.05. The van der Waals surface area contributed by atoms with Gasteiger partial charge in [0.05, 0.1) is 4.92 Å². The topological polar surface area (TPSA) is 76.3 Å². The Morgan fingerprint density at radius 1 is 1.28 bits per heavy atom. The summed E-state index contributed by atoms with van der Waals surface area (Å²) in [6, 6.07) is 8.05. The molecule has 18 heavy (non-hydrogen) atoms. The molecule has 0 aliphatic heterocycles. The lowest BCUT2D eigenvalue weighted by atomic mass is 10.3. The Hall–Kier alpha value is -2.08. The summed E-state index contributed by atoms with van der Waals surface area (Å²) in [5.41, 5.74) is 0.604. The third-order valence-electron chi connectivity index (χ3n) is 2.33. The summed E-state index contributed by atoms with van der Waals surface area (Å²) in [7, 11) is 0. The summed E-state index contributed by atoms with van der Waals surface area (Å²) >= 11 is 1.20. The molecule has 0 radical (unpaired) electrons. The van der Waals surface area contributed by atoms with Gasteiger partial charge in [0.15, 0.2) is 5.03 Å². The van der Waals surface area contributed by atoms with Crippen molar-refractivity contribution in [1.82, 2.24) is 4.98 Å². The molecular formula is C12H10N2O3S. The van der Waals surface area contributed by atoms with Gasteiger partial charge in [0.2, 0.25) is 0 Å². The number of aryl methyl sites for hydroxylation is 1. The van der Waals surface area contributed by atoms with Crippen LogP contribution in [0.5, 0.6) is 5.75 Å². The minimum Gasteiger partial charge on any atom is -0.508 e. The smallest absolute Gasteiger partial charge is 0.304 e. The summed E-state index contributed by atoms with van der Waals surface area (Å²) in [6.45, 7) is 1.68. The maximum absolute atomic E-state index is 11.0. The van der Waals surface area contributed by atoms with E-state index in [1.807, 2.05) is 0 Å². The number of phenols is 1. The van der Waals surface area contributed by atoms with Crippen LogP contribution in [-0.4, -0.2) is 15.0 Å². The minimum absolute atomic E-state index is 0.0237. The van der Waals surface area contributed by atoms with Crippen molar-refractivity contribution in [3.05, 3.63) is 52.2 Å². The van der Waals surface area contributed by atoms with Crippen molar-refractivity contribution in [2.75, 3.05) is 0 Å². The van der Waals surface area contributed by atoms with E-state index in [0.29, 0.717) is 10.6 Å². The van der Waals surface area contributed by atoms with E-state index in [1.54, 1.807) is 31.3 Å². The molecule has 0 atom stereocenters. The predicted octanol–water partition coefficient (Wildman–Crippen LogP) is 3.16. The standard InChI is InChI=1S/C12H10N2O3S/c1-8-6-7-13-12(11(8)14(16)17)18-10-4-2-9(15)3-5-10/h2-7,15H,1H3. The van der Waals surface area contributed by atoms with Crippen LogP contribution in [0.25, 0.3) is 0 Å². The Kier molecular flexibility index (Phi) is 3.47. The molecule has 0 saturated heterocycles. The molecule has 0 spiro atoms. The van der Waals surface area contributed by atoms with Gasteiger partial charge in [0, 0.05) is 16.7 Å². The lowest BCUT2D eigenvalue weighted by molar-refractivity contribution is -0.388. The van der Waals surface area contributed by atoms with Gasteiger partial charge in [-0.2, -0.15) is 0 Å². The number of hydrogen-bond donors (Lipinski definition) is 1. The zero-order valence-corrected chi connectivity index (χ0v) is 10.3. The summed E-state index contributed by atoms with van der Waals surface area (Å²) in [6.07, 6.45) is 1.55. The highest BCUT2D eigenvalue weighted by atomic mass is 32.2. The lowest BCUT2D eigenvalue weighted by Gasteiger charge is -2.04. The Labute approximate surface area is 108 Å². The van der Waals surface area contributed by atoms with Crippen LogP contribution in [0.15, 0.2) is 46.5 Å². The number of hydrogen-bond acceptors (Lipinski definition) is 5. The zero-order chi connectivity index (χ0) is 13.1. The molecule has 0 bridgehead atoms. The van der Waals surface area contributed by atoms with Crippen LogP contribution in [0.2, 0.25) is 0 Å². The molecule has 0 fully saturated rings. The number of rotatable bonds is 3. The Morgan fingerprint density at radius 3 is 2.56 bits per heavy atom. The van der Waals surface area contributed by atoms with Gasteiger partial charge in [-0.15, -0.1) is 0 Å². The number of pyridine rings is 1. The van der Waals surface area contributed by atoms with Crippen molar-refractivity contribution in [2.45, 2.75) is 16.8 Å². The molecule has 2 aromatic rings. The van der Waals surface area contributed by atoms with Gasteiger partial charge in [-0.25, -0.2) is 4.98 Å². The van der Waals surface area contributed by atoms with Crippen molar-refractivity contribution in [3.8, 4) is 5.75 Å². The van der Waals surface area contributed by atoms with Crippen molar-refractivity contribution in [3.63, 3.8) is 0 Å². The fourth-order valence-electron chi connectivity index (χ4n) is 1.45. The van der Waals surface area contributed by atoms with Crippen LogP contribution < -0.4 is 0 Å². The highest BCUT2D eigenvalue weighted by Crippen LogP contribution is 2.35. The molecular weight excluding hydrogens is 252 g/mol. The molecule has 0 aliphatic rings. The summed E-state index contributed by atoms with van der Waals surface area (Å²) in [4.78, 5) is 15.4. The molecule has 92 valence electrons. The van der Waals surface area contributed by atoms with Gasteiger partial charge in [0.25, 0.3) is 0 Å². The van der Waals surface area contributed by atoms with Gasteiger partial charge in [-0.05, 0) is 37.3 Å². The number of nitro groups is 1. The molecule has 0 saturated carbocycles. The first-order valence-electron chi connectivity index (χ1n) is 5.15. The molecule has 0 amide bonds. The zero-order valence-electron chi connectivity index (χ0n) is 9.53. The first-order valence-corrected chi connectivity index (χ1v) is 5.96. The van der Waals surface area contributed by atoms with E-state index in [9.17, 15) is 15.2 Å².